The van der Waals surface area contributed by atoms with Crippen LogP contribution in [0.1, 0.15) is 31.2 Å². The van der Waals surface area contributed by atoms with Crippen LogP contribution in [0.5, 0.6) is 0 Å². The molecule has 88 valence electrons. The van der Waals surface area contributed by atoms with Crippen LogP contribution in [0.15, 0.2) is 18.2 Å². The predicted octanol–water partition coefficient (Wildman–Crippen LogP) is 3.34. The number of hydrogen-bond acceptors (Lipinski definition) is 2. The summed E-state index contributed by atoms with van der Waals surface area (Å²) in [6.07, 6.45) is 4.09. The van der Waals surface area contributed by atoms with Crippen LogP contribution >= 0.6 is 11.6 Å². The standard InChI is InChI=1S/C13H13ClN2O/c14-11-6-10(8-15)4-5-12(11)16-13(17)7-9-2-1-3-9/h4-6,9H,1-3,7H2,(H,16,17). The summed E-state index contributed by atoms with van der Waals surface area (Å²) in [4.78, 5) is 11.7. The Kier molecular flexibility index (Phi) is 3.65. The highest BCUT2D eigenvalue weighted by Crippen LogP contribution is 2.30. The maximum Gasteiger partial charge on any atom is 0.224 e. The van der Waals surface area contributed by atoms with Gasteiger partial charge in [0.2, 0.25) is 5.91 Å². The molecule has 4 heteroatoms. The van der Waals surface area contributed by atoms with Crippen molar-refractivity contribution in [1.82, 2.24) is 0 Å². The number of nitrogens with one attached hydrogen (secondary N) is 1. The van der Waals surface area contributed by atoms with Crippen LogP contribution in [0.25, 0.3) is 0 Å². The molecular weight excluding hydrogens is 236 g/mol. The molecule has 1 aliphatic carbocycles. The maximum absolute atomic E-state index is 11.7. The van der Waals surface area contributed by atoms with Gasteiger partial charge in [-0.2, -0.15) is 5.26 Å². The van der Waals surface area contributed by atoms with E-state index < -0.39 is 0 Å². The zero-order valence-electron chi connectivity index (χ0n) is 9.37. The van der Waals surface area contributed by atoms with E-state index in [1.54, 1.807) is 18.2 Å². The van der Waals surface area contributed by atoms with Gasteiger partial charge in [0.25, 0.3) is 0 Å². The second kappa shape index (κ2) is 5.20. The van der Waals surface area contributed by atoms with Gasteiger partial charge in [0.15, 0.2) is 0 Å². The molecule has 1 amide bonds. The van der Waals surface area contributed by atoms with Crippen molar-refractivity contribution >= 4 is 23.2 Å². The number of benzene rings is 1. The lowest BCUT2D eigenvalue weighted by atomic mass is 9.83. The van der Waals surface area contributed by atoms with Crippen LogP contribution in [0.2, 0.25) is 5.02 Å². The summed E-state index contributed by atoms with van der Waals surface area (Å²) in [5.74, 6) is 0.536. The Bertz CT molecular complexity index is 475. The molecule has 0 atom stereocenters. The van der Waals surface area contributed by atoms with Crippen molar-refractivity contribution in [1.29, 1.82) is 5.26 Å². The summed E-state index contributed by atoms with van der Waals surface area (Å²) in [5, 5.41) is 11.9. The molecule has 1 N–H and O–H groups in total. The molecular formula is C13H13ClN2O. The van der Waals surface area contributed by atoms with Gasteiger partial charge in [0.1, 0.15) is 0 Å². The van der Waals surface area contributed by atoms with Crippen LogP contribution in [0, 0.1) is 17.2 Å². The molecule has 17 heavy (non-hydrogen) atoms. The van der Waals surface area contributed by atoms with Crippen molar-refractivity contribution < 1.29 is 4.79 Å². The molecule has 1 fully saturated rings. The van der Waals surface area contributed by atoms with Crippen LogP contribution in [0.4, 0.5) is 5.69 Å². The van der Waals surface area contributed by atoms with Gasteiger partial charge in [-0.15, -0.1) is 0 Å². The number of rotatable bonds is 3. The Labute approximate surface area is 105 Å². The maximum atomic E-state index is 11.7. The average Bonchev–Trinajstić information content (AvgIpc) is 2.26. The van der Waals surface area contributed by atoms with Crippen molar-refractivity contribution in [2.45, 2.75) is 25.7 Å². The largest absolute Gasteiger partial charge is 0.325 e. The highest BCUT2D eigenvalue weighted by Gasteiger charge is 2.20. The number of nitriles is 1. The van der Waals surface area contributed by atoms with Gasteiger partial charge in [-0.05, 0) is 37.0 Å². The second-order valence-corrected chi connectivity index (χ2v) is 4.76. The molecule has 1 aliphatic rings. The fourth-order valence-corrected chi connectivity index (χ4v) is 2.07. The molecule has 0 unspecified atom stereocenters. The molecule has 0 aliphatic heterocycles. The summed E-state index contributed by atoms with van der Waals surface area (Å²) in [6, 6.07) is 6.87. The van der Waals surface area contributed by atoms with Crippen LogP contribution in [0.3, 0.4) is 0 Å². The molecule has 0 heterocycles. The van der Waals surface area contributed by atoms with Gasteiger partial charge in [-0.3, -0.25) is 4.79 Å². The fraction of sp³-hybridized carbons (Fsp3) is 0.385. The molecule has 0 spiro atoms. The Morgan fingerprint density at radius 2 is 2.29 bits per heavy atom. The monoisotopic (exact) mass is 248 g/mol. The number of nitrogens with zero attached hydrogens (tertiary/aromatic N) is 1. The first kappa shape index (κ1) is 11.9. The molecule has 0 radical (unpaired) electrons. The summed E-state index contributed by atoms with van der Waals surface area (Å²) in [5.41, 5.74) is 1.07. The Balaban J connectivity index is 1.98. The summed E-state index contributed by atoms with van der Waals surface area (Å²) < 4.78 is 0. The first-order valence-corrected chi connectivity index (χ1v) is 6.06. The van der Waals surface area contributed by atoms with E-state index in [0.717, 1.165) is 12.8 Å². The number of anilines is 1. The van der Waals surface area contributed by atoms with Crippen molar-refractivity contribution in [2.24, 2.45) is 5.92 Å². The molecule has 0 aromatic heterocycles. The number of carbonyl (C=O) groups is 1. The van der Waals surface area contributed by atoms with Crippen molar-refractivity contribution in [2.75, 3.05) is 5.32 Å². The van der Waals surface area contributed by atoms with Crippen LogP contribution in [-0.4, -0.2) is 5.91 Å². The summed E-state index contributed by atoms with van der Waals surface area (Å²) in [7, 11) is 0. The number of halogens is 1. The molecule has 1 saturated carbocycles. The van der Waals surface area contributed by atoms with Crippen molar-refractivity contribution in [3.63, 3.8) is 0 Å². The van der Waals surface area contributed by atoms with E-state index in [0.29, 0.717) is 28.6 Å². The molecule has 0 saturated heterocycles. The van der Waals surface area contributed by atoms with E-state index in [2.05, 4.69) is 5.32 Å². The third-order valence-corrected chi connectivity index (χ3v) is 3.38. The lowest BCUT2D eigenvalue weighted by molar-refractivity contribution is -0.117. The Morgan fingerprint density at radius 3 is 2.82 bits per heavy atom. The summed E-state index contributed by atoms with van der Waals surface area (Å²) >= 11 is 5.97. The topological polar surface area (TPSA) is 52.9 Å². The van der Waals surface area contributed by atoms with E-state index in [1.807, 2.05) is 6.07 Å². The SMILES string of the molecule is N#Cc1ccc(NC(=O)CC2CCC2)c(Cl)c1. The molecule has 2 rings (SSSR count). The molecule has 1 aromatic carbocycles. The van der Waals surface area contributed by atoms with Crippen molar-refractivity contribution in [3.05, 3.63) is 28.8 Å². The smallest absolute Gasteiger partial charge is 0.224 e. The minimum atomic E-state index is 0.00121. The zero-order valence-corrected chi connectivity index (χ0v) is 10.1. The number of hydrogen-bond donors (Lipinski definition) is 1. The lowest BCUT2D eigenvalue weighted by Gasteiger charge is -2.24. The Morgan fingerprint density at radius 1 is 1.53 bits per heavy atom. The molecule has 0 bridgehead atoms. The van der Waals surface area contributed by atoms with Crippen LogP contribution < -0.4 is 5.32 Å². The minimum absolute atomic E-state index is 0.00121. The van der Waals surface area contributed by atoms with Crippen molar-refractivity contribution in [3.8, 4) is 6.07 Å². The van der Waals surface area contributed by atoms with Crippen LogP contribution in [-0.2, 0) is 4.79 Å². The quantitative estimate of drug-likeness (QED) is 0.892. The van der Waals surface area contributed by atoms with Gasteiger partial charge in [0, 0.05) is 6.42 Å². The number of carbonyl (C=O) groups excluding carboxylic acids is 1. The van der Waals surface area contributed by atoms with E-state index in [4.69, 9.17) is 16.9 Å². The number of amides is 1. The zero-order chi connectivity index (χ0) is 12.3. The first-order valence-electron chi connectivity index (χ1n) is 5.68. The third-order valence-electron chi connectivity index (χ3n) is 3.07. The van der Waals surface area contributed by atoms with Gasteiger partial charge in [-0.25, -0.2) is 0 Å². The predicted molar refractivity (Wildman–Crippen MR) is 66.8 cm³/mol. The first-order chi connectivity index (χ1) is 8.19. The van der Waals surface area contributed by atoms with Gasteiger partial charge in [0.05, 0.1) is 22.3 Å². The van der Waals surface area contributed by atoms with E-state index >= 15 is 0 Å². The second-order valence-electron chi connectivity index (χ2n) is 4.36. The van der Waals surface area contributed by atoms with E-state index in [-0.39, 0.29) is 5.91 Å². The molecule has 1 aromatic rings. The lowest BCUT2D eigenvalue weighted by Crippen LogP contribution is -2.20. The minimum Gasteiger partial charge on any atom is -0.325 e. The van der Waals surface area contributed by atoms with Gasteiger partial charge in [-0.1, -0.05) is 18.0 Å². The highest BCUT2D eigenvalue weighted by atomic mass is 35.5. The van der Waals surface area contributed by atoms with E-state index in [9.17, 15) is 4.79 Å². The van der Waals surface area contributed by atoms with Gasteiger partial charge < -0.3 is 5.32 Å². The highest BCUT2D eigenvalue weighted by molar-refractivity contribution is 6.33. The Hall–Kier alpha value is -1.53. The molecule has 3 nitrogen and oxygen atoms in total. The summed E-state index contributed by atoms with van der Waals surface area (Å²) in [6.45, 7) is 0. The third kappa shape index (κ3) is 2.98. The normalized spacial score (nSPS) is 14.8. The van der Waals surface area contributed by atoms with Gasteiger partial charge >= 0.3 is 0 Å². The fourth-order valence-electron chi connectivity index (χ4n) is 1.85. The van der Waals surface area contributed by atoms with E-state index in [1.165, 1.54) is 6.42 Å². The average molecular weight is 249 g/mol.